The van der Waals surface area contributed by atoms with E-state index in [9.17, 15) is 8.42 Å². The quantitative estimate of drug-likeness (QED) is 0.862. The summed E-state index contributed by atoms with van der Waals surface area (Å²) in [7, 11) is -3.42. The van der Waals surface area contributed by atoms with Gasteiger partial charge in [-0.3, -0.25) is 0 Å². The van der Waals surface area contributed by atoms with E-state index in [4.69, 9.17) is 5.11 Å². The smallest absolute Gasteiger partial charge is 0.250 e. The summed E-state index contributed by atoms with van der Waals surface area (Å²) in [5.74, 6) is 0. The molecule has 0 saturated heterocycles. The van der Waals surface area contributed by atoms with Crippen LogP contribution in [0.4, 0.5) is 0 Å². The number of sulfonamides is 1. The van der Waals surface area contributed by atoms with Gasteiger partial charge in [0.2, 0.25) is 0 Å². The normalized spacial score (nSPS) is 18.9. The Kier molecular flexibility index (Phi) is 3.58. The lowest BCUT2D eigenvalue weighted by atomic mass is 9.76. The third-order valence-electron chi connectivity index (χ3n) is 3.42. The Bertz CT molecular complexity index is 483. The molecule has 1 heterocycles. The zero-order valence-corrected chi connectivity index (χ0v) is 11.4. The zero-order chi connectivity index (χ0) is 12.5. The lowest BCUT2D eigenvalue weighted by Crippen LogP contribution is -2.52. The highest BCUT2D eigenvalue weighted by molar-refractivity contribution is 7.91. The van der Waals surface area contributed by atoms with Crippen molar-refractivity contribution in [2.24, 2.45) is 0 Å². The molecule has 0 atom stereocenters. The molecule has 1 aliphatic rings. The first-order valence-electron chi connectivity index (χ1n) is 5.73. The minimum absolute atomic E-state index is 0.120. The molecular formula is C11H17NO3S2. The van der Waals surface area contributed by atoms with Crippen molar-refractivity contribution < 1.29 is 13.5 Å². The van der Waals surface area contributed by atoms with Gasteiger partial charge >= 0.3 is 0 Å². The molecule has 0 unspecified atom stereocenters. The molecule has 1 saturated carbocycles. The molecule has 0 bridgehead atoms. The molecule has 1 fully saturated rings. The summed E-state index contributed by atoms with van der Waals surface area (Å²) >= 11 is 1.16. The van der Waals surface area contributed by atoms with Crippen LogP contribution in [0, 0.1) is 0 Å². The molecule has 17 heavy (non-hydrogen) atoms. The fraction of sp³-hybridized carbons (Fsp3) is 0.636. The van der Waals surface area contributed by atoms with E-state index >= 15 is 0 Å². The van der Waals surface area contributed by atoms with E-state index in [0.29, 0.717) is 9.77 Å². The van der Waals surface area contributed by atoms with Crippen LogP contribution in [0.3, 0.4) is 0 Å². The highest BCUT2D eigenvalue weighted by atomic mass is 32.2. The van der Waals surface area contributed by atoms with Crippen LogP contribution in [0.25, 0.3) is 0 Å². The van der Waals surface area contributed by atoms with E-state index in [-0.39, 0.29) is 12.1 Å². The molecule has 6 heteroatoms. The average molecular weight is 275 g/mol. The van der Waals surface area contributed by atoms with Gasteiger partial charge in [0.1, 0.15) is 4.21 Å². The van der Waals surface area contributed by atoms with E-state index in [0.717, 1.165) is 37.0 Å². The van der Waals surface area contributed by atoms with Gasteiger partial charge in [-0.25, -0.2) is 13.1 Å². The fourth-order valence-corrected chi connectivity index (χ4v) is 4.77. The predicted octanol–water partition coefficient (Wildman–Crippen LogP) is 1.85. The van der Waals surface area contributed by atoms with E-state index in [1.54, 1.807) is 5.38 Å². The van der Waals surface area contributed by atoms with Crippen LogP contribution in [-0.2, 0) is 16.6 Å². The van der Waals surface area contributed by atoms with Crippen LogP contribution >= 0.6 is 11.3 Å². The minimum atomic E-state index is -3.42. The standard InChI is InChI=1S/C11H17NO3S2/c1-2-11(4-3-5-11)12-17(14,15)10-6-9(7-13)8-16-10/h6,8,12-13H,2-5,7H2,1H3. The van der Waals surface area contributed by atoms with Crippen LogP contribution in [0.15, 0.2) is 15.7 Å². The molecule has 0 radical (unpaired) electrons. The monoisotopic (exact) mass is 275 g/mol. The van der Waals surface area contributed by atoms with E-state index in [2.05, 4.69) is 4.72 Å². The minimum Gasteiger partial charge on any atom is -0.392 e. The van der Waals surface area contributed by atoms with Crippen LogP contribution in [0.1, 0.15) is 38.2 Å². The molecule has 1 aromatic rings. The largest absolute Gasteiger partial charge is 0.392 e. The molecule has 2 rings (SSSR count). The van der Waals surface area contributed by atoms with Crippen molar-refractivity contribution in [3.05, 3.63) is 17.0 Å². The van der Waals surface area contributed by atoms with Crippen LogP contribution in [-0.4, -0.2) is 19.1 Å². The number of hydrogen-bond donors (Lipinski definition) is 2. The van der Waals surface area contributed by atoms with Gasteiger partial charge in [0.15, 0.2) is 0 Å². The molecule has 0 amide bonds. The van der Waals surface area contributed by atoms with E-state index in [1.165, 1.54) is 6.07 Å². The van der Waals surface area contributed by atoms with E-state index in [1.807, 2.05) is 6.92 Å². The maximum absolute atomic E-state index is 12.1. The Morgan fingerprint density at radius 2 is 2.24 bits per heavy atom. The van der Waals surface area contributed by atoms with Gasteiger partial charge < -0.3 is 5.11 Å². The molecule has 0 aromatic carbocycles. The summed E-state index contributed by atoms with van der Waals surface area (Å²) in [6.45, 7) is 1.89. The van der Waals surface area contributed by atoms with Gasteiger partial charge in [-0.05, 0) is 42.7 Å². The van der Waals surface area contributed by atoms with E-state index < -0.39 is 10.0 Å². The highest BCUT2D eigenvalue weighted by Crippen LogP contribution is 2.36. The van der Waals surface area contributed by atoms with Crippen LogP contribution in [0.2, 0.25) is 0 Å². The molecule has 0 aliphatic heterocycles. The summed E-state index contributed by atoms with van der Waals surface area (Å²) in [6, 6.07) is 1.54. The van der Waals surface area contributed by atoms with Crippen molar-refractivity contribution >= 4 is 21.4 Å². The number of aliphatic hydroxyl groups excluding tert-OH is 1. The summed E-state index contributed by atoms with van der Waals surface area (Å²) in [6.07, 6.45) is 3.75. The predicted molar refractivity (Wildman–Crippen MR) is 67.4 cm³/mol. The first-order valence-corrected chi connectivity index (χ1v) is 8.10. The Morgan fingerprint density at radius 1 is 1.53 bits per heavy atom. The zero-order valence-electron chi connectivity index (χ0n) is 9.77. The third kappa shape index (κ3) is 2.54. The van der Waals surface area contributed by atoms with Gasteiger partial charge in [-0.1, -0.05) is 6.92 Å². The first kappa shape index (κ1) is 13.0. The van der Waals surface area contributed by atoms with Crippen molar-refractivity contribution in [3.63, 3.8) is 0 Å². The Balaban J connectivity index is 2.18. The maximum atomic E-state index is 12.1. The SMILES string of the molecule is CCC1(NS(=O)(=O)c2cc(CO)cs2)CCC1. The van der Waals surface area contributed by atoms with Gasteiger partial charge in [-0.15, -0.1) is 11.3 Å². The second-order valence-electron chi connectivity index (χ2n) is 4.53. The van der Waals surface area contributed by atoms with Crippen LogP contribution in [0.5, 0.6) is 0 Å². The lowest BCUT2D eigenvalue weighted by Gasteiger charge is -2.41. The van der Waals surface area contributed by atoms with Crippen molar-refractivity contribution in [3.8, 4) is 0 Å². The Labute approximate surface area is 106 Å². The fourth-order valence-electron chi connectivity index (χ4n) is 2.04. The molecule has 1 aliphatic carbocycles. The van der Waals surface area contributed by atoms with Crippen molar-refractivity contribution in [2.45, 2.75) is 49.0 Å². The molecule has 4 nitrogen and oxygen atoms in total. The number of nitrogens with one attached hydrogen (secondary N) is 1. The molecule has 96 valence electrons. The summed E-state index contributed by atoms with van der Waals surface area (Å²) in [5, 5.41) is 10.6. The summed E-state index contributed by atoms with van der Waals surface area (Å²) in [5.41, 5.74) is 0.414. The first-order chi connectivity index (χ1) is 8.01. The molecule has 2 N–H and O–H groups in total. The molecule has 1 aromatic heterocycles. The maximum Gasteiger partial charge on any atom is 0.250 e. The molecular weight excluding hydrogens is 258 g/mol. The number of aliphatic hydroxyl groups is 1. The van der Waals surface area contributed by atoms with Crippen LogP contribution < -0.4 is 4.72 Å². The van der Waals surface area contributed by atoms with Gasteiger partial charge in [0.05, 0.1) is 6.61 Å². The van der Waals surface area contributed by atoms with Crippen molar-refractivity contribution in [1.82, 2.24) is 4.72 Å². The Morgan fingerprint density at radius 3 is 2.65 bits per heavy atom. The van der Waals surface area contributed by atoms with Crippen molar-refractivity contribution in [1.29, 1.82) is 0 Å². The second-order valence-corrected chi connectivity index (χ2v) is 7.35. The number of hydrogen-bond acceptors (Lipinski definition) is 4. The number of rotatable bonds is 5. The van der Waals surface area contributed by atoms with Crippen molar-refractivity contribution in [2.75, 3.05) is 0 Å². The Hall–Kier alpha value is -0.430. The number of thiophene rings is 1. The average Bonchev–Trinajstić information content (AvgIpc) is 2.72. The van der Waals surface area contributed by atoms with Gasteiger partial charge in [0.25, 0.3) is 10.0 Å². The topological polar surface area (TPSA) is 66.4 Å². The molecule has 0 spiro atoms. The van der Waals surface area contributed by atoms with Gasteiger partial charge in [0, 0.05) is 5.54 Å². The highest BCUT2D eigenvalue weighted by Gasteiger charge is 2.39. The van der Waals surface area contributed by atoms with Gasteiger partial charge in [-0.2, -0.15) is 0 Å². The summed E-state index contributed by atoms with van der Waals surface area (Å²) < 4.78 is 27.4. The lowest BCUT2D eigenvalue weighted by molar-refractivity contribution is 0.214. The second kappa shape index (κ2) is 4.68. The summed E-state index contributed by atoms with van der Waals surface area (Å²) in [4.78, 5) is 0. The third-order valence-corrected chi connectivity index (χ3v) is 6.48.